The summed E-state index contributed by atoms with van der Waals surface area (Å²) < 4.78 is 10.4. The summed E-state index contributed by atoms with van der Waals surface area (Å²) in [4.78, 5) is 12.2. The van der Waals surface area contributed by atoms with Gasteiger partial charge in [0.1, 0.15) is 5.75 Å². The predicted octanol–water partition coefficient (Wildman–Crippen LogP) is 3.43. The molecule has 0 aliphatic carbocycles. The Morgan fingerprint density at radius 1 is 1.14 bits per heavy atom. The highest BCUT2D eigenvalue weighted by molar-refractivity contribution is 6.30. The lowest BCUT2D eigenvalue weighted by Crippen LogP contribution is -2.22. The molecule has 2 aromatic carbocycles. The van der Waals surface area contributed by atoms with Crippen LogP contribution in [-0.4, -0.2) is 20.1 Å². The third-order valence-electron chi connectivity index (χ3n) is 3.21. The van der Waals surface area contributed by atoms with E-state index in [9.17, 15) is 4.79 Å². The molecule has 1 amide bonds. The number of benzene rings is 2. The van der Waals surface area contributed by atoms with Crippen molar-refractivity contribution in [1.82, 2.24) is 5.32 Å². The Hall–Kier alpha value is -2.04. The van der Waals surface area contributed by atoms with Crippen molar-refractivity contribution in [3.63, 3.8) is 0 Å². The molecule has 116 valence electrons. The summed E-state index contributed by atoms with van der Waals surface area (Å²) in [6, 6.07) is 12.6. The van der Waals surface area contributed by atoms with Crippen LogP contribution >= 0.6 is 11.6 Å². The normalized spacial score (nSPS) is 10.3. The van der Waals surface area contributed by atoms with E-state index in [4.69, 9.17) is 21.1 Å². The van der Waals surface area contributed by atoms with Crippen LogP contribution in [0.3, 0.4) is 0 Å². The minimum Gasteiger partial charge on any atom is -0.496 e. The van der Waals surface area contributed by atoms with Gasteiger partial charge in [-0.1, -0.05) is 23.7 Å². The Labute approximate surface area is 135 Å². The number of carbonyl (C=O) groups excluding carboxylic acids is 1. The topological polar surface area (TPSA) is 47.6 Å². The highest BCUT2D eigenvalue weighted by Gasteiger charge is 2.10. The van der Waals surface area contributed by atoms with Gasteiger partial charge in [-0.05, 0) is 35.9 Å². The highest BCUT2D eigenvalue weighted by Crippen LogP contribution is 2.20. The minimum absolute atomic E-state index is 0.144. The van der Waals surface area contributed by atoms with Crippen molar-refractivity contribution in [3.05, 3.63) is 64.2 Å². The fourth-order valence-electron chi connectivity index (χ4n) is 2.07. The molecule has 1 N–H and O–H groups in total. The second kappa shape index (κ2) is 7.82. The Bertz CT molecular complexity index is 641. The predicted molar refractivity (Wildman–Crippen MR) is 86.3 cm³/mol. The van der Waals surface area contributed by atoms with Crippen LogP contribution in [0.15, 0.2) is 42.5 Å². The molecule has 0 aromatic heterocycles. The molecular weight excluding hydrogens is 302 g/mol. The Morgan fingerprint density at radius 3 is 2.50 bits per heavy atom. The van der Waals surface area contributed by atoms with Crippen LogP contribution in [0.1, 0.15) is 21.5 Å². The molecule has 0 aliphatic rings. The second-order valence-corrected chi connectivity index (χ2v) is 5.21. The maximum atomic E-state index is 12.2. The van der Waals surface area contributed by atoms with Gasteiger partial charge in [0.25, 0.3) is 5.91 Å². The van der Waals surface area contributed by atoms with Crippen molar-refractivity contribution in [1.29, 1.82) is 0 Å². The fraction of sp³-hybridized carbons (Fsp3) is 0.235. The fourth-order valence-corrected chi connectivity index (χ4v) is 2.20. The summed E-state index contributed by atoms with van der Waals surface area (Å²) in [6.45, 7) is 0.836. The first kappa shape index (κ1) is 16.3. The summed E-state index contributed by atoms with van der Waals surface area (Å²) in [5.74, 6) is 0.561. The lowest BCUT2D eigenvalue weighted by atomic mass is 10.1. The zero-order chi connectivity index (χ0) is 15.9. The van der Waals surface area contributed by atoms with E-state index < -0.39 is 0 Å². The summed E-state index contributed by atoms with van der Waals surface area (Å²) in [5.41, 5.74) is 2.40. The summed E-state index contributed by atoms with van der Waals surface area (Å²) in [7, 11) is 3.20. The van der Waals surface area contributed by atoms with Gasteiger partial charge in [0.05, 0.1) is 13.7 Å². The standard InChI is InChI=1S/C17H18ClNO3/c1-21-11-14-9-13(5-8-16(14)22-2)17(20)19-10-12-3-6-15(18)7-4-12/h3-9H,10-11H2,1-2H3,(H,19,20). The van der Waals surface area contributed by atoms with Crippen LogP contribution in [0, 0.1) is 0 Å². The molecule has 0 atom stereocenters. The van der Waals surface area contributed by atoms with E-state index in [1.807, 2.05) is 12.1 Å². The number of nitrogens with one attached hydrogen (secondary N) is 1. The first-order valence-electron chi connectivity index (χ1n) is 6.82. The van der Waals surface area contributed by atoms with Crippen LogP contribution in [0.25, 0.3) is 0 Å². The zero-order valence-corrected chi connectivity index (χ0v) is 13.3. The average Bonchev–Trinajstić information content (AvgIpc) is 2.54. The van der Waals surface area contributed by atoms with Crippen molar-refractivity contribution in [3.8, 4) is 5.75 Å². The molecule has 0 saturated carbocycles. The van der Waals surface area contributed by atoms with E-state index in [1.165, 1.54) is 0 Å². The largest absolute Gasteiger partial charge is 0.496 e. The van der Waals surface area contributed by atoms with Crippen LogP contribution in [0.4, 0.5) is 0 Å². The minimum atomic E-state index is -0.144. The van der Waals surface area contributed by atoms with E-state index >= 15 is 0 Å². The first-order valence-corrected chi connectivity index (χ1v) is 7.20. The third-order valence-corrected chi connectivity index (χ3v) is 3.46. The van der Waals surface area contributed by atoms with Crippen molar-refractivity contribution in [2.45, 2.75) is 13.2 Å². The van der Waals surface area contributed by atoms with Crippen LogP contribution in [0.5, 0.6) is 5.75 Å². The van der Waals surface area contributed by atoms with Crippen molar-refractivity contribution < 1.29 is 14.3 Å². The van der Waals surface area contributed by atoms with E-state index in [1.54, 1.807) is 44.6 Å². The molecule has 0 bridgehead atoms. The third kappa shape index (κ3) is 4.23. The molecule has 0 spiro atoms. The monoisotopic (exact) mass is 319 g/mol. The van der Waals surface area contributed by atoms with E-state index in [0.29, 0.717) is 29.5 Å². The first-order chi connectivity index (χ1) is 10.6. The van der Waals surface area contributed by atoms with Gasteiger partial charge in [-0.2, -0.15) is 0 Å². The SMILES string of the molecule is COCc1cc(C(=O)NCc2ccc(Cl)cc2)ccc1OC. The number of halogens is 1. The Kier molecular flexibility index (Phi) is 5.81. The van der Waals surface area contributed by atoms with Gasteiger partial charge in [0, 0.05) is 29.8 Å². The number of ether oxygens (including phenoxy) is 2. The number of rotatable bonds is 6. The molecule has 0 aliphatic heterocycles. The van der Waals surface area contributed by atoms with Crippen LogP contribution in [-0.2, 0) is 17.9 Å². The molecule has 5 heteroatoms. The van der Waals surface area contributed by atoms with E-state index in [2.05, 4.69) is 5.32 Å². The molecule has 2 rings (SSSR count). The van der Waals surface area contributed by atoms with Crippen molar-refractivity contribution >= 4 is 17.5 Å². The second-order valence-electron chi connectivity index (χ2n) is 4.77. The number of hydrogen-bond acceptors (Lipinski definition) is 3. The van der Waals surface area contributed by atoms with Gasteiger partial charge in [-0.3, -0.25) is 4.79 Å². The average molecular weight is 320 g/mol. The van der Waals surface area contributed by atoms with Crippen molar-refractivity contribution in [2.24, 2.45) is 0 Å². The van der Waals surface area contributed by atoms with Gasteiger partial charge >= 0.3 is 0 Å². The summed E-state index contributed by atoms with van der Waals surface area (Å²) in [5, 5.41) is 3.55. The van der Waals surface area contributed by atoms with Gasteiger partial charge in [-0.25, -0.2) is 0 Å². The molecule has 0 unspecified atom stereocenters. The summed E-state index contributed by atoms with van der Waals surface area (Å²) in [6.07, 6.45) is 0. The lowest BCUT2D eigenvalue weighted by Gasteiger charge is -2.10. The number of hydrogen-bond donors (Lipinski definition) is 1. The number of methoxy groups -OCH3 is 2. The van der Waals surface area contributed by atoms with E-state index in [0.717, 1.165) is 11.1 Å². The van der Waals surface area contributed by atoms with Gasteiger partial charge < -0.3 is 14.8 Å². The molecule has 0 heterocycles. The molecule has 0 saturated heterocycles. The highest BCUT2D eigenvalue weighted by atomic mass is 35.5. The maximum Gasteiger partial charge on any atom is 0.251 e. The molecule has 2 aromatic rings. The van der Waals surface area contributed by atoms with Crippen LogP contribution < -0.4 is 10.1 Å². The molecular formula is C17H18ClNO3. The Morgan fingerprint density at radius 2 is 1.86 bits per heavy atom. The molecule has 22 heavy (non-hydrogen) atoms. The van der Waals surface area contributed by atoms with Gasteiger partial charge in [-0.15, -0.1) is 0 Å². The quantitative estimate of drug-likeness (QED) is 0.887. The maximum absolute atomic E-state index is 12.2. The van der Waals surface area contributed by atoms with Crippen LogP contribution in [0.2, 0.25) is 5.02 Å². The Balaban J connectivity index is 2.05. The van der Waals surface area contributed by atoms with Gasteiger partial charge in [0.2, 0.25) is 0 Å². The molecule has 0 fully saturated rings. The van der Waals surface area contributed by atoms with E-state index in [-0.39, 0.29) is 5.91 Å². The smallest absolute Gasteiger partial charge is 0.251 e. The number of carbonyl (C=O) groups is 1. The lowest BCUT2D eigenvalue weighted by molar-refractivity contribution is 0.0950. The van der Waals surface area contributed by atoms with Gasteiger partial charge in [0.15, 0.2) is 0 Å². The number of amides is 1. The molecule has 4 nitrogen and oxygen atoms in total. The zero-order valence-electron chi connectivity index (χ0n) is 12.6. The molecule has 0 radical (unpaired) electrons. The van der Waals surface area contributed by atoms with Crippen molar-refractivity contribution in [2.75, 3.05) is 14.2 Å². The summed E-state index contributed by atoms with van der Waals surface area (Å²) >= 11 is 5.83.